The summed E-state index contributed by atoms with van der Waals surface area (Å²) in [6.07, 6.45) is 3.79. The number of carboxylic acids is 1. The zero-order valence-electron chi connectivity index (χ0n) is 10.9. The number of aromatic carboxylic acids is 1. The van der Waals surface area contributed by atoms with Crippen LogP contribution in [-0.4, -0.2) is 27.7 Å². The fourth-order valence-corrected chi connectivity index (χ4v) is 1.51. The van der Waals surface area contributed by atoms with Gasteiger partial charge in [-0.1, -0.05) is 6.92 Å². The van der Waals surface area contributed by atoms with E-state index in [0.717, 1.165) is 6.42 Å². The van der Waals surface area contributed by atoms with Crippen LogP contribution in [0.15, 0.2) is 36.7 Å². The third-order valence-electron chi connectivity index (χ3n) is 2.38. The highest BCUT2D eigenvalue weighted by Gasteiger charge is 2.15. The summed E-state index contributed by atoms with van der Waals surface area (Å²) in [6.45, 7) is 2.52. The number of hydrogen-bond acceptors (Lipinski definition) is 5. The van der Waals surface area contributed by atoms with Gasteiger partial charge < -0.3 is 14.6 Å². The van der Waals surface area contributed by atoms with E-state index < -0.39 is 5.97 Å². The van der Waals surface area contributed by atoms with E-state index in [1.54, 1.807) is 24.4 Å². The molecule has 0 aliphatic rings. The number of carbonyl (C=O) groups is 1. The topological polar surface area (TPSA) is 81.5 Å². The number of carboxylic acid groups (broad SMARTS) is 1. The molecule has 104 valence electrons. The summed E-state index contributed by atoms with van der Waals surface area (Å²) in [4.78, 5) is 18.9. The normalized spacial score (nSPS) is 10.1. The van der Waals surface area contributed by atoms with Crippen molar-refractivity contribution in [2.45, 2.75) is 13.3 Å². The quantitative estimate of drug-likeness (QED) is 0.872. The summed E-state index contributed by atoms with van der Waals surface area (Å²) in [6, 6.07) is 6.56. The van der Waals surface area contributed by atoms with Crippen molar-refractivity contribution < 1.29 is 19.4 Å². The molecule has 0 atom stereocenters. The fourth-order valence-electron chi connectivity index (χ4n) is 1.51. The fraction of sp³-hybridized carbons (Fsp3) is 0.214. The summed E-state index contributed by atoms with van der Waals surface area (Å²) < 4.78 is 11.0. The Labute approximate surface area is 116 Å². The van der Waals surface area contributed by atoms with Gasteiger partial charge in [-0.2, -0.15) is 0 Å². The standard InChI is InChI=1S/C14H14N2O4/c1-2-9-19-11-6-4-8-16-13(11)20-10-5-3-7-15-12(10)14(17)18/h3-8H,2,9H2,1H3,(H,17,18). The molecule has 6 heteroatoms. The Bertz CT molecular complexity index is 601. The molecule has 6 nitrogen and oxygen atoms in total. The lowest BCUT2D eigenvalue weighted by molar-refractivity contribution is 0.0687. The maximum Gasteiger partial charge on any atom is 0.358 e. The highest BCUT2D eigenvalue weighted by Crippen LogP contribution is 2.30. The Kier molecular flexibility index (Phi) is 4.49. The van der Waals surface area contributed by atoms with Crippen LogP contribution >= 0.6 is 0 Å². The van der Waals surface area contributed by atoms with E-state index in [-0.39, 0.29) is 17.3 Å². The van der Waals surface area contributed by atoms with Crippen LogP contribution in [0.1, 0.15) is 23.8 Å². The Morgan fingerprint density at radius 1 is 1.20 bits per heavy atom. The molecule has 2 heterocycles. The molecule has 0 bridgehead atoms. The van der Waals surface area contributed by atoms with Crippen LogP contribution in [0.4, 0.5) is 0 Å². The van der Waals surface area contributed by atoms with Gasteiger partial charge in [0.05, 0.1) is 6.61 Å². The minimum atomic E-state index is -1.16. The lowest BCUT2D eigenvalue weighted by atomic mass is 10.3. The van der Waals surface area contributed by atoms with E-state index in [1.807, 2.05) is 6.92 Å². The average Bonchev–Trinajstić information content (AvgIpc) is 2.47. The lowest BCUT2D eigenvalue weighted by Gasteiger charge is -2.11. The number of ether oxygens (including phenoxy) is 2. The van der Waals surface area contributed by atoms with E-state index in [1.165, 1.54) is 12.3 Å². The van der Waals surface area contributed by atoms with Gasteiger partial charge in [0.2, 0.25) is 0 Å². The molecule has 0 spiro atoms. The van der Waals surface area contributed by atoms with Crippen LogP contribution in [0.3, 0.4) is 0 Å². The van der Waals surface area contributed by atoms with E-state index in [4.69, 9.17) is 14.6 Å². The van der Waals surface area contributed by atoms with Crippen molar-refractivity contribution in [3.8, 4) is 17.4 Å². The zero-order chi connectivity index (χ0) is 14.4. The molecule has 0 aliphatic heterocycles. The third-order valence-corrected chi connectivity index (χ3v) is 2.38. The van der Waals surface area contributed by atoms with Gasteiger partial charge in [0, 0.05) is 12.4 Å². The Balaban J connectivity index is 2.28. The SMILES string of the molecule is CCCOc1cccnc1Oc1cccnc1C(=O)O. The minimum absolute atomic E-state index is 0.125. The highest BCUT2D eigenvalue weighted by atomic mass is 16.5. The van der Waals surface area contributed by atoms with Crippen molar-refractivity contribution in [3.63, 3.8) is 0 Å². The second-order valence-corrected chi connectivity index (χ2v) is 3.91. The Morgan fingerprint density at radius 2 is 1.90 bits per heavy atom. The maximum absolute atomic E-state index is 11.1. The van der Waals surface area contributed by atoms with Gasteiger partial charge in [-0.15, -0.1) is 0 Å². The molecule has 1 N–H and O–H groups in total. The second-order valence-electron chi connectivity index (χ2n) is 3.91. The summed E-state index contributed by atoms with van der Waals surface area (Å²) in [7, 11) is 0. The molecule has 20 heavy (non-hydrogen) atoms. The molecule has 2 aromatic rings. The number of aromatic nitrogens is 2. The Morgan fingerprint density at radius 3 is 2.60 bits per heavy atom. The summed E-state index contributed by atoms with van der Waals surface area (Å²) in [5, 5.41) is 9.06. The van der Waals surface area contributed by atoms with Crippen LogP contribution in [0.2, 0.25) is 0 Å². The molecule has 0 aliphatic carbocycles. The second kappa shape index (κ2) is 6.51. The monoisotopic (exact) mass is 274 g/mol. The number of nitrogens with zero attached hydrogens (tertiary/aromatic N) is 2. The van der Waals surface area contributed by atoms with Crippen LogP contribution in [0.5, 0.6) is 17.4 Å². The van der Waals surface area contributed by atoms with E-state index >= 15 is 0 Å². The van der Waals surface area contributed by atoms with Crippen LogP contribution in [0.25, 0.3) is 0 Å². The van der Waals surface area contributed by atoms with Gasteiger partial charge in [0.15, 0.2) is 17.2 Å². The first-order valence-corrected chi connectivity index (χ1v) is 6.16. The predicted molar refractivity (Wildman–Crippen MR) is 71.3 cm³/mol. The van der Waals surface area contributed by atoms with E-state index in [2.05, 4.69) is 9.97 Å². The molecule has 0 amide bonds. The van der Waals surface area contributed by atoms with Gasteiger partial charge in [0.25, 0.3) is 5.88 Å². The largest absolute Gasteiger partial charge is 0.488 e. The molecular formula is C14H14N2O4. The molecule has 0 fully saturated rings. The Hall–Kier alpha value is -2.63. The molecule has 2 aromatic heterocycles. The van der Waals surface area contributed by atoms with Crippen LogP contribution in [0, 0.1) is 0 Å². The molecule has 0 saturated heterocycles. The van der Waals surface area contributed by atoms with Crippen molar-refractivity contribution in [3.05, 3.63) is 42.4 Å². The van der Waals surface area contributed by atoms with Crippen LogP contribution < -0.4 is 9.47 Å². The molecule has 0 aromatic carbocycles. The summed E-state index contributed by atoms with van der Waals surface area (Å²) in [5.41, 5.74) is -0.167. The van der Waals surface area contributed by atoms with Crippen molar-refractivity contribution in [2.75, 3.05) is 6.61 Å². The zero-order valence-corrected chi connectivity index (χ0v) is 10.9. The van der Waals surface area contributed by atoms with Crippen molar-refractivity contribution >= 4 is 5.97 Å². The van der Waals surface area contributed by atoms with Gasteiger partial charge in [0.1, 0.15) is 0 Å². The third kappa shape index (κ3) is 3.23. The molecule has 0 saturated carbocycles. The first kappa shape index (κ1) is 13.8. The maximum atomic E-state index is 11.1. The van der Waals surface area contributed by atoms with E-state index in [0.29, 0.717) is 12.4 Å². The molecule has 2 rings (SSSR count). The van der Waals surface area contributed by atoms with Crippen molar-refractivity contribution in [2.24, 2.45) is 0 Å². The van der Waals surface area contributed by atoms with Crippen molar-refractivity contribution in [1.82, 2.24) is 9.97 Å². The smallest absolute Gasteiger partial charge is 0.358 e. The summed E-state index contributed by atoms with van der Waals surface area (Å²) >= 11 is 0. The van der Waals surface area contributed by atoms with Crippen LogP contribution in [-0.2, 0) is 0 Å². The predicted octanol–water partition coefficient (Wildman–Crippen LogP) is 2.76. The minimum Gasteiger partial charge on any atom is -0.488 e. The number of pyridine rings is 2. The molecular weight excluding hydrogens is 260 g/mol. The number of rotatable bonds is 6. The van der Waals surface area contributed by atoms with Gasteiger partial charge >= 0.3 is 5.97 Å². The first-order chi connectivity index (χ1) is 9.72. The summed E-state index contributed by atoms with van der Waals surface area (Å²) in [5.74, 6) is -0.349. The first-order valence-electron chi connectivity index (χ1n) is 6.16. The average molecular weight is 274 g/mol. The molecule has 0 unspecified atom stereocenters. The lowest BCUT2D eigenvalue weighted by Crippen LogP contribution is -2.04. The van der Waals surface area contributed by atoms with Gasteiger partial charge in [-0.3, -0.25) is 0 Å². The highest BCUT2D eigenvalue weighted by molar-refractivity contribution is 5.88. The van der Waals surface area contributed by atoms with E-state index in [9.17, 15) is 4.79 Å². The van der Waals surface area contributed by atoms with Gasteiger partial charge in [-0.05, 0) is 30.7 Å². The number of hydrogen-bond donors (Lipinski definition) is 1. The molecule has 0 radical (unpaired) electrons. The van der Waals surface area contributed by atoms with Crippen molar-refractivity contribution in [1.29, 1.82) is 0 Å². The van der Waals surface area contributed by atoms with Gasteiger partial charge in [-0.25, -0.2) is 14.8 Å².